The van der Waals surface area contributed by atoms with Crippen molar-refractivity contribution in [3.05, 3.63) is 29.8 Å². The Hall–Kier alpha value is -1.06. The van der Waals surface area contributed by atoms with Crippen molar-refractivity contribution in [3.63, 3.8) is 0 Å². The summed E-state index contributed by atoms with van der Waals surface area (Å²) < 4.78 is 0. The summed E-state index contributed by atoms with van der Waals surface area (Å²) in [7, 11) is 0. The van der Waals surface area contributed by atoms with Crippen LogP contribution < -0.4 is 4.90 Å². The van der Waals surface area contributed by atoms with Gasteiger partial charge in [-0.2, -0.15) is 0 Å². The molecule has 0 amide bonds. The number of rotatable bonds is 4. The summed E-state index contributed by atoms with van der Waals surface area (Å²) in [4.78, 5) is 5.06. The van der Waals surface area contributed by atoms with E-state index in [1.165, 1.54) is 38.2 Å². The van der Waals surface area contributed by atoms with Crippen molar-refractivity contribution in [2.45, 2.75) is 25.9 Å². The molecule has 0 bridgehead atoms. The first-order valence-electron chi connectivity index (χ1n) is 7.48. The summed E-state index contributed by atoms with van der Waals surface area (Å²) in [6, 6.07) is 8.35. The Labute approximate surface area is 115 Å². The largest absolute Gasteiger partial charge is 0.389 e. The first kappa shape index (κ1) is 12.9. The lowest BCUT2D eigenvalue weighted by Crippen LogP contribution is -2.47. The molecule has 3 nitrogen and oxygen atoms in total. The molecule has 1 aliphatic heterocycles. The summed E-state index contributed by atoms with van der Waals surface area (Å²) in [6.07, 6.45) is 2.52. The third-order valence-electron chi connectivity index (χ3n) is 4.33. The molecule has 1 aromatic carbocycles. The second-order valence-electron chi connectivity index (χ2n) is 6.00. The maximum atomic E-state index is 9.53. The number of aliphatic hydroxyl groups is 1. The Kier molecular flexibility index (Phi) is 3.76. The van der Waals surface area contributed by atoms with Gasteiger partial charge < -0.3 is 10.0 Å². The summed E-state index contributed by atoms with van der Waals surface area (Å²) >= 11 is 0. The molecule has 0 aromatic heterocycles. The number of benzene rings is 1. The van der Waals surface area contributed by atoms with Crippen LogP contribution in [0.15, 0.2) is 24.3 Å². The van der Waals surface area contributed by atoms with Gasteiger partial charge in [0.25, 0.3) is 0 Å². The van der Waals surface area contributed by atoms with Crippen LogP contribution in [-0.4, -0.2) is 42.7 Å². The van der Waals surface area contributed by atoms with Gasteiger partial charge in [-0.1, -0.05) is 12.1 Å². The van der Waals surface area contributed by atoms with E-state index in [-0.39, 0.29) is 6.10 Å². The van der Waals surface area contributed by atoms with Crippen molar-refractivity contribution in [2.24, 2.45) is 5.92 Å². The minimum atomic E-state index is -0.371. The molecule has 0 radical (unpaired) electrons. The van der Waals surface area contributed by atoms with Crippen molar-refractivity contribution in [1.82, 2.24) is 4.90 Å². The Morgan fingerprint density at radius 1 is 1.11 bits per heavy atom. The molecule has 1 N–H and O–H groups in total. The molecule has 104 valence electrons. The van der Waals surface area contributed by atoms with Crippen molar-refractivity contribution in [2.75, 3.05) is 37.6 Å². The summed E-state index contributed by atoms with van der Waals surface area (Å²) in [6.45, 7) is 7.76. The monoisotopic (exact) mass is 260 g/mol. The van der Waals surface area contributed by atoms with Gasteiger partial charge in [0, 0.05) is 38.4 Å². The lowest BCUT2D eigenvalue weighted by Gasteiger charge is -2.36. The fourth-order valence-corrected chi connectivity index (χ4v) is 2.82. The number of anilines is 1. The zero-order chi connectivity index (χ0) is 13.2. The Morgan fingerprint density at radius 2 is 1.74 bits per heavy atom. The molecule has 2 fully saturated rings. The van der Waals surface area contributed by atoms with E-state index in [4.69, 9.17) is 0 Å². The van der Waals surface area contributed by atoms with Gasteiger partial charge in [-0.3, -0.25) is 4.90 Å². The maximum absolute atomic E-state index is 9.53. The molecule has 3 heteroatoms. The van der Waals surface area contributed by atoms with Crippen LogP contribution in [0.5, 0.6) is 0 Å². The van der Waals surface area contributed by atoms with Crippen molar-refractivity contribution in [3.8, 4) is 0 Å². The molecule has 1 aliphatic carbocycles. The Balaban J connectivity index is 1.55. The van der Waals surface area contributed by atoms with Gasteiger partial charge >= 0.3 is 0 Å². The summed E-state index contributed by atoms with van der Waals surface area (Å²) in [5, 5.41) is 9.53. The second kappa shape index (κ2) is 5.51. The quantitative estimate of drug-likeness (QED) is 0.899. The van der Waals surface area contributed by atoms with Crippen molar-refractivity contribution >= 4 is 5.69 Å². The van der Waals surface area contributed by atoms with Gasteiger partial charge in [-0.15, -0.1) is 0 Å². The third kappa shape index (κ3) is 3.28. The smallest absolute Gasteiger partial charge is 0.0761 e. The number of aliphatic hydroxyl groups excluding tert-OH is 1. The number of hydrogen-bond acceptors (Lipinski definition) is 3. The highest BCUT2D eigenvalue weighted by Crippen LogP contribution is 2.30. The highest BCUT2D eigenvalue weighted by Gasteiger charge is 2.26. The fraction of sp³-hybridized carbons (Fsp3) is 0.625. The first-order valence-corrected chi connectivity index (χ1v) is 7.48. The molecule has 1 heterocycles. The van der Waals surface area contributed by atoms with Crippen LogP contribution in [0.4, 0.5) is 5.69 Å². The molecular formula is C16H24N2O. The van der Waals surface area contributed by atoms with Crippen LogP contribution in [0.3, 0.4) is 0 Å². The highest BCUT2D eigenvalue weighted by atomic mass is 16.3. The van der Waals surface area contributed by atoms with E-state index in [1.54, 1.807) is 0 Å². The fourth-order valence-electron chi connectivity index (χ4n) is 2.82. The third-order valence-corrected chi connectivity index (χ3v) is 4.33. The number of hydrogen-bond donors (Lipinski definition) is 1. The molecule has 3 rings (SSSR count). The van der Waals surface area contributed by atoms with Gasteiger partial charge in [-0.25, -0.2) is 0 Å². The normalized spacial score (nSPS) is 22.5. The molecule has 1 atom stereocenters. The molecule has 1 aromatic rings. The number of piperazine rings is 1. The maximum Gasteiger partial charge on any atom is 0.0761 e. The van der Waals surface area contributed by atoms with Crippen LogP contribution in [-0.2, 0) is 0 Å². The van der Waals surface area contributed by atoms with E-state index in [9.17, 15) is 5.11 Å². The Bertz CT molecular complexity index is 403. The SMILES string of the molecule is CC(O)c1ccc(N2CCN(CC3CC3)CC2)cc1. The second-order valence-corrected chi connectivity index (χ2v) is 6.00. The molecule has 0 spiro atoms. The minimum Gasteiger partial charge on any atom is -0.389 e. The molecule has 19 heavy (non-hydrogen) atoms. The van der Waals surface area contributed by atoms with Crippen LogP contribution in [0.2, 0.25) is 0 Å². The van der Waals surface area contributed by atoms with Crippen LogP contribution in [0.1, 0.15) is 31.4 Å². The average Bonchev–Trinajstić information content (AvgIpc) is 3.24. The lowest BCUT2D eigenvalue weighted by molar-refractivity contribution is 0.199. The molecular weight excluding hydrogens is 236 g/mol. The van der Waals surface area contributed by atoms with Crippen LogP contribution in [0.25, 0.3) is 0 Å². The first-order chi connectivity index (χ1) is 9.22. The van der Waals surface area contributed by atoms with E-state index >= 15 is 0 Å². The predicted octanol–water partition coefficient (Wildman–Crippen LogP) is 2.27. The van der Waals surface area contributed by atoms with E-state index < -0.39 is 0 Å². The van der Waals surface area contributed by atoms with Gasteiger partial charge in [0.15, 0.2) is 0 Å². The Morgan fingerprint density at radius 3 is 2.26 bits per heavy atom. The standard InChI is InChI=1S/C16H24N2O/c1-13(19)15-4-6-16(7-5-15)18-10-8-17(9-11-18)12-14-2-3-14/h4-7,13-14,19H,2-3,8-12H2,1H3. The predicted molar refractivity (Wildman–Crippen MR) is 78.5 cm³/mol. The van der Waals surface area contributed by atoms with Crippen molar-refractivity contribution in [1.29, 1.82) is 0 Å². The minimum absolute atomic E-state index is 0.371. The van der Waals surface area contributed by atoms with E-state index in [0.717, 1.165) is 24.6 Å². The van der Waals surface area contributed by atoms with Gasteiger partial charge in [0.05, 0.1) is 6.10 Å². The molecule has 1 saturated heterocycles. The average molecular weight is 260 g/mol. The van der Waals surface area contributed by atoms with E-state index in [1.807, 2.05) is 19.1 Å². The van der Waals surface area contributed by atoms with Crippen LogP contribution >= 0.6 is 0 Å². The van der Waals surface area contributed by atoms with Gasteiger partial charge in [-0.05, 0) is 43.4 Å². The van der Waals surface area contributed by atoms with E-state index in [2.05, 4.69) is 21.9 Å². The molecule has 1 saturated carbocycles. The van der Waals surface area contributed by atoms with E-state index in [0.29, 0.717) is 0 Å². The van der Waals surface area contributed by atoms with Crippen LogP contribution in [0, 0.1) is 5.92 Å². The zero-order valence-corrected chi connectivity index (χ0v) is 11.8. The van der Waals surface area contributed by atoms with Gasteiger partial charge in [0.2, 0.25) is 0 Å². The summed E-state index contributed by atoms with van der Waals surface area (Å²) in [5.41, 5.74) is 2.28. The molecule has 1 unspecified atom stereocenters. The summed E-state index contributed by atoms with van der Waals surface area (Å²) in [5.74, 6) is 0.997. The molecule has 2 aliphatic rings. The zero-order valence-electron chi connectivity index (χ0n) is 11.8. The van der Waals surface area contributed by atoms with Crippen molar-refractivity contribution < 1.29 is 5.11 Å². The van der Waals surface area contributed by atoms with Gasteiger partial charge in [0.1, 0.15) is 0 Å². The number of nitrogens with zero attached hydrogens (tertiary/aromatic N) is 2. The topological polar surface area (TPSA) is 26.7 Å². The lowest BCUT2D eigenvalue weighted by atomic mass is 10.1. The highest BCUT2D eigenvalue weighted by molar-refractivity contribution is 5.48.